The zero-order valence-electron chi connectivity index (χ0n) is 7.52. The molecule has 1 atom stereocenters. The molecule has 0 fully saturated rings. The van der Waals surface area contributed by atoms with Crippen molar-refractivity contribution in [2.45, 2.75) is 32.3 Å². The number of aliphatic carboxylic acids is 2. The molecule has 0 bridgehead atoms. The molecule has 0 heterocycles. The maximum atomic E-state index is 10.5. The third-order valence-corrected chi connectivity index (χ3v) is 1.46. The van der Waals surface area contributed by atoms with Crippen LogP contribution in [0, 0.1) is 0 Å². The van der Waals surface area contributed by atoms with E-state index in [1.807, 2.05) is 6.92 Å². The van der Waals surface area contributed by atoms with Crippen molar-refractivity contribution in [1.29, 1.82) is 0 Å². The van der Waals surface area contributed by atoms with Gasteiger partial charge in [-0.15, -0.1) is 0 Å². The van der Waals surface area contributed by atoms with E-state index in [2.05, 4.69) is 0 Å². The number of carboxylic acids is 2. The summed E-state index contributed by atoms with van der Waals surface area (Å²) in [4.78, 5) is 20.6. The van der Waals surface area contributed by atoms with E-state index in [1.54, 1.807) is 0 Å². The summed E-state index contributed by atoms with van der Waals surface area (Å²) in [5, 5.41) is 16.9. The molecular formula is C8H14O5. The molecule has 2 N–H and O–H groups in total. The second-order valence-corrected chi connectivity index (χ2v) is 2.63. The molecule has 5 heteroatoms. The minimum absolute atomic E-state index is 0.0493. The van der Waals surface area contributed by atoms with Crippen LogP contribution in [0.15, 0.2) is 0 Å². The van der Waals surface area contributed by atoms with Crippen molar-refractivity contribution in [2.75, 3.05) is 6.61 Å². The summed E-state index contributed by atoms with van der Waals surface area (Å²) in [5.41, 5.74) is 0. The van der Waals surface area contributed by atoms with E-state index in [0.29, 0.717) is 12.8 Å². The molecule has 76 valence electrons. The molecule has 5 nitrogen and oxygen atoms in total. The Kier molecular flexibility index (Phi) is 5.88. The van der Waals surface area contributed by atoms with Gasteiger partial charge in [0.05, 0.1) is 13.0 Å². The molecule has 0 aromatic carbocycles. The van der Waals surface area contributed by atoms with E-state index < -0.39 is 18.0 Å². The summed E-state index contributed by atoms with van der Waals surface area (Å²) in [6.07, 6.45) is 0.0799. The Bertz CT molecular complexity index is 177. The van der Waals surface area contributed by atoms with Crippen molar-refractivity contribution in [2.24, 2.45) is 0 Å². The number of hydrogen-bond acceptors (Lipinski definition) is 3. The third kappa shape index (κ3) is 6.10. The summed E-state index contributed by atoms with van der Waals surface area (Å²) in [6.45, 7) is 1.79. The van der Waals surface area contributed by atoms with Crippen LogP contribution >= 0.6 is 0 Å². The predicted octanol–water partition coefficient (Wildman–Crippen LogP) is 0.731. The summed E-state index contributed by atoms with van der Waals surface area (Å²) in [7, 11) is 0. The van der Waals surface area contributed by atoms with Crippen LogP contribution in [0.25, 0.3) is 0 Å². The fourth-order valence-corrected chi connectivity index (χ4v) is 0.829. The molecule has 0 radical (unpaired) electrons. The van der Waals surface area contributed by atoms with Gasteiger partial charge < -0.3 is 14.9 Å². The van der Waals surface area contributed by atoms with E-state index in [1.165, 1.54) is 0 Å². The highest BCUT2D eigenvalue weighted by Gasteiger charge is 2.16. The van der Waals surface area contributed by atoms with Crippen molar-refractivity contribution in [3.63, 3.8) is 0 Å². The number of ether oxygens (including phenoxy) is 1. The fraction of sp³-hybridized carbons (Fsp3) is 0.750. The van der Waals surface area contributed by atoms with Gasteiger partial charge in [-0.3, -0.25) is 4.79 Å². The van der Waals surface area contributed by atoms with Crippen LogP contribution < -0.4 is 0 Å². The predicted molar refractivity (Wildman–Crippen MR) is 44.5 cm³/mol. The molecule has 0 aliphatic rings. The molecule has 0 rings (SSSR count). The van der Waals surface area contributed by atoms with Gasteiger partial charge in [0.15, 0.2) is 6.10 Å². The Morgan fingerprint density at radius 3 is 2.38 bits per heavy atom. The molecule has 0 aromatic heterocycles. The molecule has 0 aromatic rings. The monoisotopic (exact) mass is 190 g/mol. The second kappa shape index (κ2) is 6.42. The first-order valence-electron chi connectivity index (χ1n) is 4.14. The summed E-state index contributed by atoms with van der Waals surface area (Å²) >= 11 is 0. The largest absolute Gasteiger partial charge is 0.481 e. The highest BCUT2D eigenvalue weighted by atomic mass is 16.5. The minimum atomic E-state index is -1.03. The lowest BCUT2D eigenvalue weighted by Crippen LogP contribution is -2.24. The Morgan fingerprint density at radius 1 is 1.38 bits per heavy atom. The lowest BCUT2D eigenvalue weighted by atomic mass is 10.2. The van der Waals surface area contributed by atoms with Gasteiger partial charge >= 0.3 is 11.9 Å². The van der Waals surface area contributed by atoms with Crippen molar-refractivity contribution >= 4 is 11.9 Å². The first-order chi connectivity index (χ1) is 6.07. The molecule has 0 aliphatic heterocycles. The van der Waals surface area contributed by atoms with Gasteiger partial charge in [-0.2, -0.15) is 0 Å². The molecule has 0 saturated carbocycles. The van der Waals surface area contributed by atoms with Crippen LogP contribution in [0.2, 0.25) is 0 Å². The normalized spacial score (nSPS) is 12.4. The van der Waals surface area contributed by atoms with Crippen molar-refractivity contribution in [3.8, 4) is 0 Å². The van der Waals surface area contributed by atoms with E-state index in [4.69, 9.17) is 14.9 Å². The topological polar surface area (TPSA) is 83.8 Å². The van der Waals surface area contributed by atoms with E-state index in [9.17, 15) is 9.59 Å². The summed E-state index contributed by atoms with van der Waals surface area (Å²) in [6, 6.07) is 0. The fourth-order valence-electron chi connectivity index (χ4n) is 0.829. The van der Waals surface area contributed by atoms with Crippen molar-refractivity contribution in [3.05, 3.63) is 0 Å². The molecule has 13 heavy (non-hydrogen) atoms. The Morgan fingerprint density at radius 2 is 2.00 bits per heavy atom. The summed E-state index contributed by atoms with van der Waals surface area (Å²) in [5.74, 6) is -2.02. The molecular weight excluding hydrogens is 176 g/mol. The standard InChI is InChI=1S/C8H14O5/c1-2-3-6(8(11)12)13-5-4-7(9)10/h6H,2-5H2,1H3,(H,9,10)(H,11,12). The first-order valence-corrected chi connectivity index (χ1v) is 4.14. The lowest BCUT2D eigenvalue weighted by Gasteiger charge is -2.11. The molecule has 1 unspecified atom stereocenters. The zero-order valence-corrected chi connectivity index (χ0v) is 7.52. The molecule has 0 spiro atoms. The van der Waals surface area contributed by atoms with Crippen molar-refractivity contribution < 1.29 is 24.5 Å². The average Bonchev–Trinajstić information content (AvgIpc) is 2.02. The van der Waals surface area contributed by atoms with E-state index >= 15 is 0 Å². The smallest absolute Gasteiger partial charge is 0.332 e. The van der Waals surface area contributed by atoms with Gasteiger partial charge in [-0.1, -0.05) is 13.3 Å². The van der Waals surface area contributed by atoms with Gasteiger partial charge in [-0.05, 0) is 6.42 Å². The van der Waals surface area contributed by atoms with Crippen LogP contribution in [0.4, 0.5) is 0 Å². The Labute approximate surface area is 76.3 Å². The average molecular weight is 190 g/mol. The minimum Gasteiger partial charge on any atom is -0.481 e. The van der Waals surface area contributed by atoms with Gasteiger partial charge in [0.2, 0.25) is 0 Å². The number of carboxylic acid groups (broad SMARTS) is 2. The quantitative estimate of drug-likeness (QED) is 0.618. The first kappa shape index (κ1) is 11.9. The molecule has 0 aliphatic carbocycles. The number of carbonyl (C=O) groups is 2. The number of rotatable bonds is 7. The highest BCUT2D eigenvalue weighted by Crippen LogP contribution is 2.02. The van der Waals surface area contributed by atoms with Crippen LogP contribution in [0.5, 0.6) is 0 Å². The van der Waals surface area contributed by atoms with Gasteiger partial charge in [0, 0.05) is 0 Å². The van der Waals surface area contributed by atoms with Gasteiger partial charge in [-0.25, -0.2) is 4.79 Å². The third-order valence-electron chi connectivity index (χ3n) is 1.46. The summed E-state index contributed by atoms with van der Waals surface area (Å²) < 4.78 is 4.87. The molecule has 0 saturated heterocycles. The SMILES string of the molecule is CCCC(OCCC(=O)O)C(=O)O. The zero-order chi connectivity index (χ0) is 10.3. The van der Waals surface area contributed by atoms with Gasteiger partial charge in [0.1, 0.15) is 0 Å². The van der Waals surface area contributed by atoms with Crippen LogP contribution in [0.3, 0.4) is 0 Å². The van der Waals surface area contributed by atoms with Crippen LogP contribution in [0.1, 0.15) is 26.2 Å². The van der Waals surface area contributed by atoms with Gasteiger partial charge in [0.25, 0.3) is 0 Å². The maximum absolute atomic E-state index is 10.5. The lowest BCUT2D eigenvalue weighted by molar-refractivity contribution is -0.153. The van der Waals surface area contributed by atoms with Crippen LogP contribution in [-0.2, 0) is 14.3 Å². The van der Waals surface area contributed by atoms with E-state index in [0.717, 1.165) is 0 Å². The number of hydrogen-bond donors (Lipinski definition) is 2. The van der Waals surface area contributed by atoms with E-state index in [-0.39, 0.29) is 13.0 Å². The second-order valence-electron chi connectivity index (χ2n) is 2.63. The van der Waals surface area contributed by atoms with Crippen LogP contribution in [-0.4, -0.2) is 34.9 Å². The maximum Gasteiger partial charge on any atom is 0.332 e. The Balaban J connectivity index is 3.69. The van der Waals surface area contributed by atoms with Crippen molar-refractivity contribution in [1.82, 2.24) is 0 Å². The Hall–Kier alpha value is -1.10. The molecule has 0 amide bonds. The highest BCUT2D eigenvalue weighted by molar-refractivity contribution is 5.72.